The SMILES string of the molecule is CC(C)Oc1ccc(NC(=O)c2cc(N3CCc4ccccc43)ccn2)cc1. The van der Waals surface area contributed by atoms with Crippen molar-refractivity contribution in [1.82, 2.24) is 4.98 Å². The molecular weight excluding hydrogens is 350 g/mol. The molecule has 0 bridgehead atoms. The Hall–Kier alpha value is -3.34. The van der Waals surface area contributed by atoms with Crippen LogP contribution in [0.4, 0.5) is 17.1 Å². The summed E-state index contributed by atoms with van der Waals surface area (Å²) in [7, 11) is 0. The van der Waals surface area contributed by atoms with Crippen LogP contribution in [0.1, 0.15) is 29.9 Å². The number of aromatic nitrogens is 1. The minimum atomic E-state index is -0.230. The number of benzene rings is 2. The van der Waals surface area contributed by atoms with Gasteiger partial charge < -0.3 is 15.0 Å². The zero-order valence-electron chi connectivity index (χ0n) is 16.1. The maximum Gasteiger partial charge on any atom is 0.274 e. The normalized spacial score (nSPS) is 12.8. The number of fused-ring (bicyclic) bond motifs is 1. The number of rotatable bonds is 5. The molecule has 28 heavy (non-hydrogen) atoms. The van der Waals surface area contributed by atoms with E-state index in [1.54, 1.807) is 6.20 Å². The Morgan fingerprint density at radius 2 is 1.89 bits per heavy atom. The molecule has 0 atom stereocenters. The lowest BCUT2D eigenvalue weighted by atomic mass is 10.2. The second kappa shape index (κ2) is 7.72. The fourth-order valence-corrected chi connectivity index (χ4v) is 3.40. The van der Waals surface area contributed by atoms with Crippen molar-refractivity contribution in [3.05, 3.63) is 78.1 Å². The minimum Gasteiger partial charge on any atom is -0.491 e. The van der Waals surface area contributed by atoms with Crippen molar-refractivity contribution < 1.29 is 9.53 Å². The first-order valence-electron chi connectivity index (χ1n) is 9.50. The van der Waals surface area contributed by atoms with Crippen LogP contribution in [0, 0.1) is 0 Å². The Morgan fingerprint density at radius 1 is 1.11 bits per heavy atom. The summed E-state index contributed by atoms with van der Waals surface area (Å²) in [5, 5.41) is 2.90. The van der Waals surface area contributed by atoms with Gasteiger partial charge in [0.25, 0.3) is 5.91 Å². The number of amides is 1. The van der Waals surface area contributed by atoms with E-state index in [1.807, 2.05) is 56.3 Å². The van der Waals surface area contributed by atoms with Crippen molar-refractivity contribution in [2.45, 2.75) is 26.4 Å². The van der Waals surface area contributed by atoms with Gasteiger partial charge in [-0.3, -0.25) is 9.78 Å². The van der Waals surface area contributed by atoms with Crippen molar-refractivity contribution in [2.24, 2.45) is 0 Å². The summed E-state index contributed by atoms with van der Waals surface area (Å²) in [4.78, 5) is 19.2. The van der Waals surface area contributed by atoms with E-state index in [4.69, 9.17) is 4.74 Å². The molecule has 1 aliphatic heterocycles. The summed E-state index contributed by atoms with van der Waals surface area (Å²) in [6.45, 7) is 4.86. The quantitative estimate of drug-likeness (QED) is 0.697. The molecule has 0 saturated heterocycles. The molecule has 0 saturated carbocycles. The van der Waals surface area contributed by atoms with E-state index >= 15 is 0 Å². The molecule has 0 spiro atoms. The van der Waals surface area contributed by atoms with Crippen LogP contribution in [0.2, 0.25) is 0 Å². The monoisotopic (exact) mass is 373 g/mol. The summed E-state index contributed by atoms with van der Waals surface area (Å²) in [5.41, 5.74) is 4.60. The van der Waals surface area contributed by atoms with E-state index < -0.39 is 0 Å². The summed E-state index contributed by atoms with van der Waals surface area (Å²) in [6.07, 6.45) is 2.80. The van der Waals surface area contributed by atoms with Crippen LogP contribution in [-0.2, 0) is 6.42 Å². The molecule has 0 aliphatic carbocycles. The highest BCUT2D eigenvalue weighted by molar-refractivity contribution is 6.03. The predicted molar refractivity (Wildman–Crippen MR) is 112 cm³/mol. The number of nitrogens with zero attached hydrogens (tertiary/aromatic N) is 2. The van der Waals surface area contributed by atoms with Gasteiger partial charge in [-0.25, -0.2) is 0 Å². The van der Waals surface area contributed by atoms with Crippen molar-refractivity contribution in [3.63, 3.8) is 0 Å². The zero-order valence-corrected chi connectivity index (χ0v) is 16.1. The van der Waals surface area contributed by atoms with Crippen molar-refractivity contribution in [1.29, 1.82) is 0 Å². The third-order valence-electron chi connectivity index (χ3n) is 4.66. The van der Waals surface area contributed by atoms with Gasteiger partial charge in [0, 0.05) is 29.8 Å². The summed E-state index contributed by atoms with van der Waals surface area (Å²) in [6, 6.07) is 19.5. The molecule has 1 aromatic heterocycles. The van der Waals surface area contributed by atoms with Crippen molar-refractivity contribution >= 4 is 23.0 Å². The van der Waals surface area contributed by atoms with Crippen LogP contribution in [0.3, 0.4) is 0 Å². The molecule has 5 nitrogen and oxygen atoms in total. The fraction of sp³-hybridized carbons (Fsp3) is 0.217. The van der Waals surface area contributed by atoms with E-state index in [1.165, 1.54) is 11.3 Å². The first-order chi connectivity index (χ1) is 13.6. The van der Waals surface area contributed by atoms with Crippen LogP contribution in [0.5, 0.6) is 5.75 Å². The standard InChI is InChI=1S/C23H23N3O2/c1-16(2)28-20-9-7-18(8-10-20)25-23(27)21-15-19(11-13-24-21)26-14-12-17-5-3-4-6-22(17)26/h3-11,13,15-16H,12,14H2,1-2H3,(H,25,27). The van der Waals surface area contributed by atoms with Gasteiger partial charge in [-0.15, -0.1) is 0 Å². The molecule has 1 aliphatic rings. The maximum absolute atomic E-state index is 12.7. The Bertz CT molecular complexity index is 983. The number of para-hydroxylation sites is 1. The number of carbonyl (C=O) groups excluding carboxylic acids is 1. The first kappa shape index (κ1) is 18.0. The highest BCUT2D eigenvalue weighted by atomic mass is 16.5. The summed E-state index contributed by atoms with van der Waals surface area (Å²) in [5.74, 6) is 0.549. The summed E-state index contributed by atoms with van der Waals surface area (Å²) >= 11 is 0. The van der Waals surface area contributed by atoms with Crippen molar-refractivity contribution in [3.8, 4) is 5.75 Å². The molecule has 5 heteroatoms. The third kappa shape index (κ3) is 3.83. The molecule has 2 aromatic carbocycles. The lowest BCUT2D eigenvalue weighted by molar-refractivity contribution is 0.102. The van der Waals surface area contributed by atoms with Gasteiger partial charge in [-0.1, -0.05) is 18.2 Å². The van der Waals surface area contributed by atoms with Crippen LogP contribution in [0.15, 0.2) is 66.9 Å². The molecule has 3 aromatic rings. The van der Waals surface area contributed by atoms with Gasteiger partial charge in [-0.05, 0) is 68.3 Å². The number of pyridine rings is 1. The maximum atomic E-state index is 12.7. The molecule has 0 unspecified atom stereocenters. The number of hydrogen-bond donors (Lipinski definition) is 1. The highest BCUT2D eigenvalue weighted by Crippen LogP contribution is 2.34. The van der Waals surface area contributed by atoms with E-state index in [2.05, 4.69) is 33.4 Å². The highest BCUT2D eigenvalue weighted by Gasteiger charge is 2.21. The summed E-state index contributed by atoms with van der Waals surface area (Å²) < 4.78 is 5.63. The topological polar surface area (TPSA) is 54.5 Å². The number of hydrogen-bond acceptors (Lipinski definition) is 4. The lowest BCUT2D eigenvalue weighted by Gasteiger charge is -2.20. The predicted octanol–water partition coefficient (Wildman–Crippen LogP) is 4.82. The van der Waals surface area contributed by atoms with Crippen molar-refractivity contribution in [2.75, 3.05) is 16.8 Å². The van der Waals surface area contributed by atoms with Gasteiger partial charge in [0.15, 0.2) is 0 Å². The molecular formula is C23H23N3O2. The van der Waals surface area contributed by atoms with Gasteiger partial charge >= 0.3 is 0 Å². The fourth-order valence-electron chi connectivity index (χ4n) is 3.40. The smallest absolute Gasteiger partial charge is 0.274 e. The lowest BCUT2D eigenvalue weighted by Crippen LogP contribution is -2.17. The molecule has 4 rings (SSSR count). The Morgan fingerprint density at radius 3 is 2.68 bits per heavy atom. The van der Waals surface area contributed by atoms with E-state index in [0.717, 1.165) is 24.4 Å². The van der Waals surface area contributed by atoms with Gasteiger partial charge in [0.05, 0.1) is 6.10 Å². The molecule has 0 radical (unpaired) electrons. The number of nitrogens with one attached hydrogen (secondary N) is 1. The number of carbonyl (C=O) groups is 1. The number of anilines is 3. The average Bonchev–Trinajstić information content (AvgIpc) is 3.13. The zero-order chi connectivity index (χ0) is 19.5. The van der Waals surface area contributed by atoms with E-state index in [9.17, 15) is 4.79 Å². The van der Waals surface area contributed by atoms with Crippen LogP contribution < -0.4 is 15.0 Å². The largest absolute Gasteiger partial charge is 0.491 e. The Balaban J connectivity index is 1.49. The second-order valence-electron chi connectivity index (χ2n) is 7.07. The number of ether oxygens (including phenoxy) is 1. The third-order valence-corrected chi connectivity index (χ3v) is 4.66. The molecule has 1 amide bonds. The Labute approximate surface area is 165 Å². The second-order valence-corrected chi connectivity index (χ2v) is 7.07. The molecule has 1 N–H and O–H groups in total. The van der Waals surface area contributed by atoms with E-state index in [-0.39, 0.29) is 12.0 Å². The average molecular weight is 373 g/mol. The van der Waals surface area contributed by atoms with Gasteiger partial charge in [0.2, 0.25) is 0 Å². The molecule has 142 valence electrons. The van der Waals surface area contributed by atoms with Crippen LogP contribution in [-0.4, -0.2) is 23.5 Å². The minimum absolute atomic E-state index is 0.114. The van der Waals surface area contributed by atoms with Gasteiger partial charge in [-0.2, -0.15) is 0 Å². The first-order valence-corrected chi connectivity index (χ1v) is 9.50. The van der Waals surface area contributed by atoms with Crippen LogP contribution in [0.25, 0.3) is 0 Å². The van der Waals surface area contributed by atoms with E-state index in [0.29, 0.717) is 11.4 Å². The molecule has 0 fully saturated rings. The van der Waals surface area contributed by atoms with Crippen LogP contribution >= 0.6 is 0 Å². The van der Waals surface area contributed by atoms with Gasteiger partial charge in [0.1, 0.15) is 11.4 Å². The Kier molecular flexibility index (Phi) is 4.98. The molecule has 2 heterocycles.